The molecule has 7 heteroatoms. The number of rotatable bonds is 3. The minimum absolute atomic E-state index is 0.483. The zero-order valence-electron chi connectivity index (χ0n) is 9.65. The van der Waals surface area contributed by atoms with Crippen molar-refractivity contribution in [2.75, 3.05) is 0 Å². The number of carbonyl (C=O) groups is 1. The highest BCUT2D eigenvalue weighted by atomic mass is 35.7. The average molecular weight is 270 g/mol. The minimum atomic E-state index is -3.69. The molecule has 0 fully saturated rings. The van der Waals surface area contributed by atoms with Crippen molar-refractivity contribution < 1.29 is 17.9 Å². The molecule has 0 bridgehead atoms. The highest BCUT2D eigenvalue weighted by molar-refractivity contribution is 8.16. The maximum absolute atomic E-state index is 11.2. The SMILES string of the molecule is C[C@@H](/C=C/S(=O)(=O)Cl)NC(=O)OC(C)(C)C. The first-order chi connectivity index (χ1) is 6.99. The summed E-state index contributed by atoms with van der Waals surface area (Å²) in [6, 6.07) is -0.483. The van der Waals surface area contributed by atoms with E-state index < -0.39 is 26.8 Å². The van der Waals surface area contributed by atoms with Crippen LogP contribution < -0.4 is 5.32 Å². The highest BCUT2D eigenvalue weighted by Gasteiger charge is 2.16. The quantitative estimate of drug-likeness (QED) is 0.795. The lowest BCUT2D eigenvalue weighted by atomic mass is 10.2. The van der Waals surface area contributed by atoms with Gasteiger partial charge < -0.3 is 10.1 Å². The molecule has 1 N–H and O–H groups in total. The molecule has 0 aromatic rings. The largest absolute Gasteiger partial charge is 0.444 e. The molecular formula is C9H16ClNO4S. The summed E-state index contributed by atoms with van der Waals surface area (Å²) in [6.07, 6.45) is 0.642. The van der Waals surface area contributed by atoms with E-state index in [1.165, 1.54) is 6.08 Å². The van der Waals surface area contributed by atoms with Crippen molar-refractivity contribution in [3.05, 3.63) is 11.5 Å². The van der Waals surface area contributed by atoms with E-state index in [-0.39, 0.29) is 0 Å². The van der Waals surface area contributed by atoms with Crippen molar-refractivity contribution in [3.8, 4) is 0 Å². The molecule has 0 aromatic carbocycles. The molecule has 0 aliphatic heterocycles. The normalized spacial score (nSPS) is 14.8. The van der Waals surface area contributed by atoms with Crippen LogP contribution >= 0.6 is 10.7 Å². The Morgan fingerprint density at radius 3 is 2.31 bits per heavy atom. The Morgan fingerprint density at radius 2 is 1.94 bits per heavy atom. The van der Waals surface area contributed by atoms with Crippen LogP contribution in [0.3, 0.4) is 0 Å². The molecule has 16 heavy (non-hydrogen) atoms. The summed E-state index contributed by atoms with van der Waals surface area (Å²) in [5, 5.41) is 3.25. The Labute approximate surface area is 100 Å². The third-order valence-electron chi connectivity index (χ3n) is 1.27. The molecule has 0 aliphatic rings. The van der Waals surface area contributed by atoms with Crippen LogP contribution in [0.25, 0.3) is 0 Å². The molecule has 0 saturated carbocycles. The molecule has 0 spiro atoms. The van der Waals surface area contributed by atoms with Crippen molar-refractivity contribution in [2.24, 2.45) is 0 Å². The maximum atomic E-state index is 11.2. The number of ether oxygens (including phenoxy) is 1. The first-order valence-corrected chi connectivity index (χ1v) is 6.99. The molecule has 94 valence electrons. The van der Waals surface area contributed by atoms with E-state index in [9.17, 15) is 13.2 Å². The fourth-order valence-corrected chi connectivity index (χ4v) is 1.35. The first kappa shape index (κ1) is 15.2. The van der Waals surface area contributed by atoms with E-state index >= 15 is 0 Å². The summed E-state index contributed by atoms with van der Waals surface area (Å²) < 4.78 is 26.1. The zero-order chi connectivity index (χ0) is 13.0. The van der Waals surface area contributed by atoms with Crippen LogP contribution in [0.1, 0.15) is 27.7 Å². The number of amides is 1. The standard InChI is InChI=1S/C9H16ClNO4S/c1-7(5-6-16(10,13)14)11-8(12)15-9(2,3)4/h5-7H,1-4H3,(H,11,12)/b6-5+/t7-/m0/s1. The second kappa shape index (κ2) is 5.54. The van der Waals surface area contributed by atoms with Gasteiger partial charge in [-0.15, -0.1) is 0 Å². The van der Waals surface area contributed by atoms with E-state index in [1.807, 2.05) is 0 Å². The Morgan fingerprint density at radius 1 is 1.44 bits per heavy atom. The van der Waals surface area contributed by atoms with Crippen molar-refractivity contribution >= 4 is 25.8 Å². The molecule has 0 saturated heterocycles. The van der Waals surface area contributed by atoms with Gasteiger partial charge in [-0.05, 0) is 33.8 Å². The van der Waals surface area contributed by atoms with Crippen LogP contribution in [0.2, 0.25) is 0 Å². The van der Waals surface area contributed by atoms with Gasteiger partial charge in [-0.1, -0.05) is 0 Å². The fourth-order valence-electron chi connectivity index (χ4n) is 0.753. The van der Waals surface area contributed by atoms with Gasteiger partial charge >= 0.3 is 6.09 Å². The molecule has 0 heterocycles. The molecule has 0 rings (SSSR count). The molecule has 1 atom stereocenters. The third-order valence-corrected chi connectivity index (χ3v) is 2.07. The number of alkyl carbamates (subject to hydrolysis) is 1. The van der Waals surface area contributed by atoms with Crippen LogP contribution in [0, 0.1) is 0 Å². The zero-order valence-corrected chi connectivity index (χ0v) is 11.2. The number of hydrogen-bond donors (Lipinski definition) is 1. The molecule has 5 nitrogen and oxygen atoms in total. The minimum Gasteiger partial charge on any atom is -0.444 e. The summed E-state index contributed by atoms with van der Waals surface area (Å²) >= 11 is 0. The second-order valence-electron chi connectivity index (χ2n) is 4.24. The smallest absolute Gasteiger partial charge is 0.408 e. The Hall–Kier alpha value is -0.750. The molecular weight excluding hydrogens is 254 g/mol. The monoisotopic (exact) mass is 269 g/mol. The van der Waals surface area contributed by atoms with E-state index in [1.54, 1.807) is 27.7 Å². The second-order valence-corrected chi connectivity index (χ2v) is 6.75. The van der Waals surface area contributed by atoms with Crippen LogP contribution in [0.5, 0.6) is 0 Å². The Bertz CT molecular complexity index is 369. The van der Waals surface area contributed by atoms with E-state index in [2.05, 4.69) is 5.32 Å². The van der Waals surface area contributed by atoms with Gasteiger partial charge in [-0.25, -0.2) is 13.2 Å². The van der Waals surface area contributed by atoms with Crippen molar-refractivity contribution in [3.63, 3.8) is 0 Å². The maximum Gasteiger partial charge on any atom is 0.408 e. The average Bonchev–Trinajstić information content (AvgIpc) is 1.95. The lowest BCUT2D eigenvalue weighted by Crippen LogP contribution is -2.36. The predicted molar refractivity (Wildman–Crippen MR) is 62.7 cm³/mol. The topological polar surface area (TPSA) is 72.5 Å². The van der Waals surface area contributed by atoms with Gasteiger partial charge in [0.05, 0.1) is 0 Å². The van der Waals surface area contributed by atoms with Gasteiger partial charge in [-0.3, -0.25) is 0 Å². The number of hydrogen-bond acceptors (Lipinski definition) is 4. The van der Waals surface area contributed by atoms with Crippen LogP contribution in [0.15, 0.2) is 11.5 Å². The van der Waals surface area contributed by atoms with E-state index in [0.29, 0.717) is 0 Å². The summed E-state index contributed by atoms with van der Waals surface area (Å²) in [5.41, 5.74) is -0.591. The highest BCUT2D eigenvalue weighted by Crippen LogP contribution is 2.07. The van der Waals surface area contributed by atoms with Crippen LogP contribution in [-0.2, 0) is 13.8 Å². The van der Waals surface area contributed by atoms with Gasteiger partial charge in [0.25, 0.3) is 9.05 Å². The van der Waals surface area contributed by atoms with Gasteiger partial charge in [0.1, 0.15) is 5.60 Å². The number of nitrogens with one attached hydrogen (secondary N) is 1. The van der Waals surface area contributed by atoms with Crippen molar-refractivity contribution in [1.82, 2.24) is 5.32 Å². The fraction of sp³-hybridized carbons (Fsp3) is 0.667. The summed E-state index contributed by atoms with van der Waals surface area (Å²) in [4.78, 5) is 11.2. The molecule has 0 aliphatic carbocycles. The Balaban J connectivity index is 4.22. The summed E-state index contributed by atoms with van der Waals surface area (Å²) in [7, 11) is 1.27. The first-order valence-electron chi connectivity index (χ1n) is 4.62. The van der Waals surface area contributed by atoms with Gasteiger partial charge in [0.2, 0.25) is 0 Å². The van der Waals surface area contributed by atoms with E-state index in [0.717, 1.165) is 5.41 Å². The summed E-state index contributed by atoms with van der Waals surface area (Å²) in [5.74, 6) is 0. The van der Waals surface area contributed by atoms with Gasteiger partial charge in [0, 0.05) is 22.1 Å². The van der Waals surface area contributed by atoms with Crippen molar-refractivity contribution in [1.29, 1.82) is 0 Å². The van der Waals surface area contributed by atoms with Gasteiger partial charge in [-0.2, -0.15) is 0 Å². The molecule has 0 radical (unpaired) electrons. The van der Waals surface area contributed by atoms with Crippen LogP contribution in [0.4, 0.5) is 4.79 Å². The predicted octanol–water partition coefficient (Wildman–Crippen LogP) is 1.98. The number of halogens is 1. The van der Waals surface area contributed by atoms with E-state index in [4.69, 9.17) is 15.4 Å². The molecule has 0 aromatic heterocycles. The molecule has 1 amide bonds. The molecule has 0 unspecified atom stereocenters. The lowest BCUT2D eigenvalue weighted by molar-refractivity contribution is 0.0518. The van der Waals surface area contributed by atoms with Crippen molar-refractivity contribution in [2.45, 2.75) is 39.3 Å². The number of carbonyl (C=O) groups excluding carboxylic acids is 1. The van der Waals surface area contributed by atoms with Crippen LogP contribution in [-0.4, -0.2) is 26.2 Å². The lowest BCUT2D eigenvalue weighted by Gasteiger charge is -2.20. The van der Waals surface area contributed by atoms with Gasteiger partial charge in [0.15, 0.2) is 0 Å². The summed E-state index contributed by atoms with van der Waals surface area (Å²) in [6.45, 7) is 6.80. The Kier molecular flexibility index (Phi) is 5.28. The third kappa shape index (κ3) is 9.79.